The molecule has 1 heteroatoms. The van der Waals surface area contributed by atoms with Gasteiger partial charge in [-0.3, -0.25) is 0 Å². The van der Waals surface area contributed by atoms with Crippen molar-refractivity contribution in [3.05, 3.63) is 35.9 Å². The fraction of sp³-hybridized carbons (Fsp3) is 0.667. The first kappa shape index (κ1) is 14.6. The number of hydrogen-bond acceptors (Lipinski definition) is 1. The molecule has 1 aliphatic carbocycles. The quantitative estimate of drug-likeness (QED) is 0.746. The van der Waals surface area contributed by atoms with Crippen LogP contribution in [0, 0.1) is 5.92 Å². The van der Waals surface area contributed by atoms with Gasteiger partial charge in [-0.15, -0.1) is 0 Å². The van der Waals surface area contributed by atoms with Gasteiger partial charge in [-0.1, -0.05) is 69.9 Å². The summed E-state index contributed by atoms with van der Waals surface area (Å²) in [6, 6.07) is 11.6. The fourth-order valence-electron chi connectivity index (χ4n) is 3.23. The summed E-state index contributed by atoms with van der Waals surface area (Å²) in [6.07, 6.45) is 8.63. The Hall–Kier alpha value is -0.820. The first-order valence-corrected chi connectivity index (χ1v) is 8.04. The molecule has 1 aromatic carbocycles. The van der Waals surface area contributed by atoms with Crippen LogP contribution in [0.5, 0.6) is 0 Å². The highest BCUT2D eigenvalue weighted by Crippen LogP contribution is 2.32. The summed E-state index contributed by atoms with van der Waals surface area (Å²) < 4.78 is 0. The third-order valence-electron chi connectivity index (χ3n) is 4.44. The van der Waals surface area contributed by atoms with Gasteiger partial charge in [0.1, 0.15) is 0 Å². The Kier molecular flexibility index (Phi) is 5.91. The van der Waals surface area contributed by atoms with E-state index in [0.29, 0.717) is 12.0 Å². The normalized spacial score (nSPS) is 18.1. The average Bonchev–Trinajstić information content (AvgIpc) is 2.93. The largest absolute Gasteiger partial charge is 0.314 e. The summed E-state index contributed by atoms with van der Waals surface area (Å²) in [7, 11) is 0. The van der Waals surface area contributed by atoms with Crippen molar-refractivity contribution >= 4 is 0 Å². The minimum Gasteiger partial charge on any atom is -0.314 e. The van der Waals surface area contributed by atoms with E-state index in [1.54, 1.807) is 0 Å². The zero-order valence-electron chi connectivity index (χ0n) is 12.6. The van der Waals surface area contributed by atoms with Crippen LogP contribution in [0.1, 0.15) is 63.9 Å². The number of hydrogen-bond donors (Lipinski definition) is 1. The van der Waals surface area contributed by atoms with E-state index in [0.717, 1.165) is 12.5 Å². The molecule has 1 N–H and O–H groups in total. The molecular formula is C18H29N. The van der Waals surface area contributed by atoms with Gasteiger partial charge in [-0.25, -0.2) is 0 Å². The molecule has 1 nitrogen and oxygen atoms in total. The van der Waals surface area contributed by atoms with Crippen LogP contribution in [0.25, 0.3) is 0 Å². The summed E-state index contributed by atoms with van der Waals surface area (Å²) >= 11 is 0. The SMILES string of the molecule is CC(C)NCC(CCC1CCCC1)c1ccccc1. The van der Waals surface area contributed by atoms with E-state index in [9.17, 15) is 0 Å². The molecule has 2 rings (SSSR count). The van der Waals surface area contributed by atoms with Crippen molar-refractivity contribution < 1.29 is 0 Å². The van der Waals surface area contributed by atoms with Crippen LogP contribution < -0.4 is 5.32 Å². The Labute approximate surface area is 118 Å². The minimum absolute atomic E-state index is 0.581. The summed E-state index contributed by atoms with van der Waals surface area (Å²) in [4.78, 5) is 0. The molecule has 0 spiro atoms. The molecule has 0 heterocycles. The molecule has 0 saturated heterocycles. The van der Waals surface area contributed by atoms with E-state index in [-0.39, 0.29) is 0 Å². The smallest absolute Gasteiger partial charge is 0.00225 e. The molecule has 0 radical (unpaired) electrons. The molecule has 1 unspecified atom stereocenters. The monoisotopic (exact) mass is 259 g/mol. The molecule has 0 aliphatic heterocycles. The second-order valence-corrected chi connectivity index (χ2v) is 6.40. The van der Waals surface area contributed by atoms with Crippen molar-refractivity contribution in [1.82, 2.24) is 5.32 Å². The van der Waals surface area contributed by atoms with Gasteiger partial charge in [0, 0.05) is 12.6 Å². The van der Waals surface area contributed by atoms with E-state index in [1.165, 1.54) is 44.1 Å². The summed E-state index contributed by atoms with van der Waals surface area (Å²) in [5.74, 6) is 1.69. The zero-order chi connectivity index (χ0) is 13.5. The van der Waals surface area contributed by atoms with Gasteiger partial charge < -0.3 is 5.32 Å². The highest BCUT2D eigenvalue weighted by Gasteiger charge is 2.18. The van der Waals surface area contributed by atoms with Crippen LogP contribution in [-0.4, -0.2) is 12.6 Å². The molecule has 19 heavy (non-hydrogen) atoms. The number of benzene rings is 1. The average molecular weight is 259 g/mol. The van der Waals surface area contributed by atoms with Crippen LogP contribution in [-0.2, 0) is 0 Å². The highest BCUT2D eigenvalue weighted by atomic mass is 14.9. The Bertz CT molecular complexity index is 338. The molecule has 0 aromatic heterocycles. The second-order valence-electron chi connectivity index (χ2n) is 6.40. The number of rotatable bonds is 7. The topological polar surface area (TPSA) is 12.0 Å². The van der Waals surface area contributed by atoms with E-state index in [2.05, 4.69) is 49.5 Å². The molecule has 1 saturated carbocycles. The Balaban J connectivity index is 1.89. The molecule has 0 amide bonds. The van der Waals surface area contributed by atoms with Crippen molar-refractivity contribution in [3.63, 3.8) is 0 Å². The summed E-state index contributed by atoms with van der Waals surface area (Å²) in [5, 5.41) is 3.62. The minimum atomic E-state index is 0.581. The van der Waals surface area contributed by atoms with Crippen LogP contribution in [0.3, 0.4) is 0 Å². The van der Waals surface area contributed by atoms with Gasteiger partial charge in [0.25, 0.3) is 0 Å². The van der Waals surface area contributed by atoms with Crippen molar-refractivity contribution in [3.8, 4) is 0 Å². The predicted molar refractivity (Wildman–Crippen MR) is 83.5 cm³/mol. The van der Waals surface area contributed by atoms with E-state index in [4.69, 9.17) is 0 Å². The molecule has 1 aliphatic rings. The maximum atomic E-state index is 3.62. The van der Waals surface area contributed by atoms with E-state index >= 15 is 0 Å². The van der Waals surface area contributed by atoms with Crippen LogP contribution >= 0.6 is 0 Å². The van der Waals surface area contributed by atoms with Gasteiger partial charge in [0.2, 0.25) is 0 Å². The maximum Gasteiger partial charge on any atom is 0.00225 e. The van der Waals surface area contributed by atoms with Gasteiger partial charge in [0.05, 0.1) is 0 Å². The molecule has 1 fully saturated rings. The Morgan fingerprint density at radius 1 is 1.11 bits per heavy atom. The standard InChI is InChI=1S/C18H29N/c1-15(2)19-14-18(17-10-4-3-5-11-17)13-12-16-8-6-7-9-16/h3-5,10-11,15-16,18-19H,6-9,12-14H2,1-2H3. The molecule has 0 bridgehead atoms. The third kappa shape index (κ3) is 4.99. The lowest BCUT2D eigenvalue weighted by Gasteiger charge is -2.21. The molecule has 1 atom stereocenters. The summed E-state index contributed by atoms with van der Waals surface area (Å²) in [5.41, 5.74) is 1.51. The molecule has 1 aromatic rings. The highest BCUT2D eigenvalue weighted by molar-refractivity contribution is 5.19. The van der Waals surface area contributed by atoms with Gasteiger partial charge >= 0.3 is 0 Å². The lowest BCUT2D eigenvalue weighted by atomic mass is 9.89. The Morgan fingerprint density at radius 2 is 1.79 bits per heavy atom. The zero-order valence-corrected chi connectivity index (χ0v) is 12.6. The van der Waals surface area contributed by atoms with Gasteiger partial charge in [-0.05, 0) is 30.2 Å². The first-order chi connectivity index (χ1) is 9.25. The molecular weight excluding hydrogens is 230 g/mol. The Morgan fingerprint density at radius 3 is 2.42 bits per heavy atom. The lowest BCUT2D eigenvalue weighted by Crippen LogP contribution is -2.28. The number of nitrogens with one attached hydrogen (secondary N) is 1. The first-order valence-electron chi connectivity index (χ1n) is 8.04. The summed E-state index contributed by atoms with van der Waals surface area (Å²) in [6.45, 7) is 5.59. The van der Waals surface area contributed by atoms with Crippen molar-refractivity contribution in [2.75, 3.05) is 6.54 Å². The molecule has 106 valence electrons. The van der Waals surface area contributed by atoms with Crippen LogP contribution in [0.15, 0.2) is 30.3 Å². The van der Waals surface area contributed by atoms with Crippen molar-refractivity contribution in [1.29, 1.82) is 0 Å². The van der Waals surface area contributed by atoms with E-state index in [1.807, 2.05) is 0 Å². The van der Waals surface area contributed by atoms with Crippen LogP contribution in [0.4, 0.5) is 0 Å². The van der Waals surface area contributed by atoms with Crippen molar-refractivity contribution in [2.45, 2.75) is 64.3 Å². The second kappa shape index (κ2) is 7.69. The van der Waals surface area contributed by atoms with Gasteiger partial charge in [0.15, 0.2) is 0 Å². The predicted octanol–water partition coefficient (Wildman–Crippen LogP) is 4.74. The lowest BCUT2D eigenvalue weighted by molar-refractivity contribution is 0.428. The van der Waals surface area contributed by atoms with Gasteiger partial charge in [-0.2, -0.15) is 0 Å². The van der Waals surface area contributed by atoms with Crippen molar-refractivity contribution in [2.24, 2.45) is 5.92 Å². The van der Waals surface area contributed by atoms with E-state index < -0.39 is 0 Å². The third-order valence-corrected chi connectivity index (χ3v) is 4.44. The maximum absolute atomic E-state index is 3.62. The fourth-order valence-corrected chi connectivity index (χ4v) is 3.23. The van der Waals surface area contributed by atoms with Crippen LogP contribution in [0.2, 0.25) is 0 Å².